The number of fused-ring (bicyclic) bond motifs is 6. The van der Waals surface area contributed by atoms with Crippen LogP contribution in [0, 0.1) is 23.5 Å². The summed E-state index contributed by atoms with van der Waals surface area (Å²) in [5, 5.41) is 13.2. The van der Waals surface area contributed by atoms with Gasteiger partial charge in [-0.25, -0.2) is 0 Å². The van der Waals surface area contributed by atoms with E-state index in [1.165, 1.54) is 83.6 Å². The maximum absolute atomic E-state index is 9.53. The van der Waals surface area contributed by atoms with Gasteiger partial charge in [-0.1, -0.05) is 167 Å². The molecule has 5 heterocycles. The molecule has 2 aliphatic rings. The molecule has 7 heteroatoms. The van der Waals surface area contributed by atoms with Crippen LogP contribution in [0.5, 0.6) is 0 Å². The SMILES string of the molecule is CC(C)c1cc(-c2ccc(-c3ccccc3)cc2)cc(C(C)C)c1-n1c(-c2[c-]ccc3c2oc2cc(C#N)ccc23)nc2ccccc21.[Ir].[c-]1ccccc1-c1cc2c(cn1)[Si]1(CCCCC1)CCC2. The Kier molecular flexibility index (Phi) is 13.4. The zero-order valence-electron chi connectivity index (χ0n) is 40.4. The summed E-state index contributed by atoms with van der Waals surface area (Å²) in [5.41, 5.74) is 17.0. The maximum Gasteiger partial charge on any atom is 0.122 e. The van der Waals surface area contributed by atoms with Crippen LogP contribution in [0.1, 0.15) is 87.5 Å². The van der Waals surface area contributed by atoms with E-state index in [9.17, 15) is 5.26 Å². The summed E-state index contributed by atoms with van der Waals surface area (Å²) in [5.74, 6) is 1.26. The van der Waals surface area contributed by atoms with Crippen LogP contribution in [-0.4, -0.2) is 22.6 Å². The second-order valence-corrected chi connectivity index (χ2v) is 24.3. The normalized spacial score (nSPS) is 14.1. The smallest absolute Gasteiger partial charge is 0.122 e. The Morgan fingerprint density at radius 3 is 2.06 bits per heavy atom. The van der Waals surface area contributed by atoms with Crippen molar-refractivity contribution in [1.82, 2.24) is 14.5 Å². The van der Waals surface area contributed by atoms with Gasteiger partial charge >= 0.3 is 0 Å². The van der Waals surface area contributed by atoms with Crippen LogP contribution < -0.4 is 5.19 Å². The van der Waals surface area contributed by atoms with Gasteiger partial charge in [0.2, 0.25) is 0 Å². The van der Waals surface area contributed by atoms with Crippen LogP contribution in [0.2, 0.25) is 18.1 Å². The van der Waals surface area contributed by atoms with E-state index in [-0.39, 0.29) is 31.9 Å². The first kappa shape index (κ1) is 47.0. The fraction of sp³-hybridized carbons (Fsp3) is 0.222. The zero-order chi connectivity index (χ0) is 47.1. The second-order valence-electron chi connectivity index (χ2n) is 19.7. The Bertz CT molecular complexity index is 3500. The molecule has 0 amide bonds. The van der Waals surface area contributed by atoms with Crippen molar-refractivity contribution < 1.29 is 24.5 Å². The van der Waals surface area contributed by atoms with Crippen LogP contribution in [0.25, 0.3) is 83.6 Å². The molecule has 1 spiro atoms. The van der Waals surface area contributed by atoms with Gasteiger partial charge in [0.25, 0.3) is 0 Å². The summed E-state index contributed by atoms with van der Waals surface area (Å²) in [6, 6.07) is 66.2. The van der Waals surface area contributed by atoms with Gasteiger partial charge in [-0.2, -0.15) is 5.26 Å². The summed E-state index contributed by atoms with van der Waals surface area (Å²) < 4.78 is 8.83. The summed E-state index contributed by atoms with van der Waals surface area (Å²) >= 11 is 0. The van der Waals surface area contributed by atoms with Crippen molar-refractivity contribution in [3.63, 3.8) is 0 Å². The van der Waals surface area contributed by atoms with E-state index >= 15 is 0 Å². The first-order valence-electron chi connectivity index (χ1n) is 24.8. The Hall–Kier alpha value is -6.68. The van der Waals surface area contributed by atoms with Crippen LogP contribution in [0.15, 0.2) is 162 Å². The molecule has 3 aromatic heterocycles. The third kappa shape index (κ3) is 8.79. The predicted molar refractivity (Wildman–Crippen MR) is 287 cm³/mol. The molecule has 349 valence electrons. The van der Waals surface area contributed by atoms with Gasteiger partial charge in [0.1, 0.15) is 5.58 Å². The Morgan fingerprint density at radius 2 is 1.34 bits per heavy atom. The molecular formula is C63H56IrN4OSi-2. The number of aryl methyl sites for hydroxylation is 1. The van der Waals surface area contributed by atoms with Crippen molar-refractivity contribution in [3.05, 3.63) is 192 Å². The van der Waals surface area contributed by atoms with E-state index in [2.05, 4.69) is 160 Å². The summed E-state index contributed by atoms with van der Waals surface area (Å²) in [7, 11) is -1.19. The average Bonchev–Trinajstić information content (AvgIpc) is 3.97. The molecule has 2 aliphatic heterocycles. The van der Waals surface area contributed by atoms with Crippen LogP contribution in [0.3, 0.4) is 0 Å². The first-order chi connectivity index (χ1) is 33.8. The monoisotopic (exact) mass is 1110 g/mol. The van der Waals surface area contributed by atoms with E-state index in [0.717, 1.165) is 50.1 Å². The minimum Gasteiger partial charge on any atom is -0.500 e. The van der Waals surface area contributed by atoms with Crippen molar-refractivity contribution in [2.45, 2.75) is 89.8 Å². The van der Waals surface area contributed by atoms with E-state index < -0.39 is 8.07 Å². The third-order valence-electron chi connectivity index (χ3n) is 14.8. The first-order valence-corrected chi connectivity index (χ1v) is 27.5. The van der Waals surface area contributed by atoms with Gasteiger partial charge in [-0.05, 0) is 98.9 Å². The average molecular weight is 1110 g/mol. The molecule has 7 aromatic carbocycles. The number of hydrogen-bond acceptors (Lipinski definition) is 4. The van der Waals surface area contributed by atoms with Crippen molar-refractivity contribution >= 4 is 46.2 Å². The summed E-state index contributed by atoms with van der Waals surface area (Å²) in [6.45, 7) is 9.07. The number of nitrogens with zero attached hydrogens (tertiary/aromatic N) is 4. The molecule has 10 aromatic rings. The number of para-hydroxylation sites is 2. The van der Waals surface area contributed by atoms with Gasteiger partial charge in [0.15, 0.2) is 0 Å². The molecule has 70 heavy (non-hydrogen) atoms. The van der Waals surface area contributed by atoms with Crippen LogP contribution in [-0.2, 0) is 26.5 Å². The Balaban J connectivity index is 0.000000215. The number of benzene rings is 7. The fourth-order valence-electron chi connectivity index (χ4n) is 11.2. The van der Waals surface area contributed by atoms with Crippen molar-refractivity contribution in [2.75, 3.05) is 0 Å². The zero-order valence-corrected chi connectivity index (χ0v) is 43.7. The van der Waals surface area contributed by atoms with Crippen molar-refractivity contribution in [2.24, 2.45) is 0 Å². The maximum atomic E-state index is 9.53. The molecule has 5 nitrogen and oxygen atoms in total. The minimum absolute atomic E-state index is 0. The molecule has 0 atom stereocenters. The van der Waals surface area contributed by atoms with Crippen LogP contribution in [0.4, 0.5) is 0 Å². The second kappa shape index (κ2) is 20.0. The molecule has 0 saturated carbocycles. The summed E-state index contributed by atoms with van der Waals surface area (Å²) in [6.07, 6.45) is 9.28. The molecule has 0 unspecified atom stereocenters. The van der Waals surface area contributed by atoms with Gasteiger partial charge in [0, 0.05) is 37.4 Å². The fourth-order valence-corrected chi connectivity index (χ4v) is 16.7. The number of nitriles is 1. The van der Waals surface area contributed by atoms with Crippen molar-refractivity contribution in [3.8, 4) is 56.7 Å². The summed E-state index contributed by atoms with van der Waals surface area (Å²) in [4.78, 5) is 10.1. The van der Waals surface area contributed by atoms with E-state index in [4.69, 9.17) is 14.4 Å². The largest absolute Gasteiger partial charge is 0.500 e. The predicted octanol–water partition coefficient (Wildman–Crippen LogP) is 16.2. The van der Waals surface area contributed by atoms with Gasteiger partial charge < -0.3 is 14.0 Å². The van der Waals surface area contributed by atoms with Crippen LogP contribution >= 0.6 is 0 Å². The molecule has 0 N–H and O–H groups in total. The molecule has 1 fully saturated rings. The number of furan rings is 1. The number of aromatic nitrogens is 3. The van der Waals surface area contributed by atoms with Gasteiger partial charge in [-0.3, -0.25) is 4.98 Å². The number of hydrogen-bond donors (Lipinski definition) is 0. The number of imidazole rings is 1. The Labute approximate surface area is 426 Å². The number of rotatable bonds is 7. The minimum atomic E-state index is -1.19. The quantitative estimate of drug-likeness (QED) is 0.118. The van der Waals surface area contributed by atoms with E-state index in [0.29, 0.717) is 16.7 Å². The van der Waals surface area contributed by atoms with E-state index in [1.54, 1.807) is 16.8 Å². The third-order valence-corrected chi connectivity index (χ3v) is 20.3. The molecule has 0 bridgehead atoms. The standard InChI is InChI=1S/C44H34N3O.C19H22NSi.Ir/c1-27(2)37-24-33(32-20-18-31(19-21-32)30-11-6-5-7-12-30)25-38(28(3)4)42(37)47-40-16-9-8-15-39(40)46-44(47)36-14-10-13-35-34-22-17-29(26-45)23-41(34)48-43(35)36;1-3-8-16(9-4-1)18-14-17-10-7-13-21(19(17)15-20-18)11-5-2-6-12-21;/h5-13,15-25,27-28H,1-4H3;1,3-4,8,14-15H,2,5-7,10-13H2;/q2*-1;. The molecule has 12 rings (SSSR count). The Morgan fingerprint density at radius 1 is 0.657 bits per heavy atom. The number of pyridine rings is 1. The molecule has 1 radical (unpaired) electrons. The van der Waals surface area contributed by atoms with Gasteiger partial charge in [-0.15, -0.1) is 54.1 Å². The van der Waals surface area contributed by atoms with Crippen molar-refractivity contribution in [1.29, 1.82) is 5.26 Å². The molecule has 1 saturated heterocycles. The topological polar surface area (TPSA) is 67.6 Å². The molecule has 0 aliphatic carbocycles. The van der Waals surface area contributed by atoms with E-state index in [1.807, 2.05) is 42.5 Å². The molecular weight excluding hydrogens is 1050 g/mol. The van der Waals surface area contributed by atoms with Gasteiger partial charge in [0.05, 0.1) is 42.1 Å².